The molecule has 0 atom stereocenters. The Bertz CT molecular complexity index is 736. The minimum Gasteiger partial charge on any atom is -0.441 e. The van der Waals surface area contributed by atoms with Gasteiger partial charge in [-0.15, -0.1) is 0 Å². The predicted molar refractivity (Wildman–Crippen MR) is 84.5 cm³/mol. The molecule has 4 heteroatoms. The summed E-state index contributed by atoms with van der Waals surface area (Å²) >= 11 is 3.48. The van der Waals surface area contributed by atoms with E-state index in [9.17, 15) is 0 Å². The maximum absolute atomic E-state index is 5.77. The number of nitrogens with two attached hydrogens (primary N) is 1. The number of oxazole rings is 1. The Labute approximate surface area is 125 Å². The maximum atomic E-state index is 5.77. The van der Waals surface area contributed by atoms with Crippen molar-refractivity contribution in [2.24, 2.45) is 5.73 Å². The lowest BCUT2D eigenvalue weighted by atomic mass is 10.1. The summed E-state index contributed by atoms with van der Waals surface area (Å²) in [5.74, 6) is 1.56. The fourth-order valence-corrected chi connectivity index (χ4v) is 2.56. The fourth-order valence-electron chi connectivity index (χ4n) is 2.18. The molecule has 0 spiro atoms. The van der Waals surface area contributed by atoms with Gasteiger partial charge in [0.1, 0.15) is 0 Å². The monoisotopic (exact) mass is 330 g/mol. The van der Waals surface area contributed by atoms with E-state index in [2.05, 4.69) is 51.2 Å². The molecule has 0 aliphatic carbocycles. The Hall–Kier alpha value is -1.65. The number of hydrogen-bond donors (Lipinski definition) is 1. The molecule has 0 radical (unpaired) electrons. The zero-order valence-corrected chi connectivity index (χ0v) is 12.6. The third-order valence-electron chi connectivity index (χ3n) is 3.24. The summed E-state index contributed by atoms with van der Waals surface area (Å²) < 4.78 is 6.85. The van der Waals surface area contributed by atoms with E-state index in [0.29, 0.717) is 6.54 Å². The molecule has 2 N–H and O–H groups in total. The highest BCUT2D eigenvalue weighted by atomic mass is 79.9. The molecule has 0 aliphatic heterocycles. The van der Waals surface area contributed by atoms with E-state index in [0.717, 1.165) is 34.5 Å². The van der Waals surface area contributed by atoms with Crippen LogP contribution < -0.4 is 5.73 Å². The molecule has 0 saturated carbocycles. The number of halogens is 1. The second kappa shape index (κ2) is 5.77. The van der Waals surface area contributed by atoms with Gasteiger partial charge in [-0.3, -0.25) is 0 Å². The summed E-state index contributed by atoms with van der Waals surface area (Å²) in [4.78, 5) is 4.29. The van der Waals surface area contributed by atoms with Crippen LogP contribution in [0.3, 0.4) is 0 Å². The third kappa shape index (κ3) is 2.76. The number of aromatic nitrogens is 1. The summed E-state index contributed by atoms with van der Waals surface area (Å²) in [7, 11) is 0. The van der Waals surface area contributed by atoms with Crippen molar-refractivity contribution in [3.05, 3.63) is 53.0 Å². The lowest BCUT2D eigenvalue weighted by molar-refractivity contribution is 0.499. The normalized spacial score (nSPS) is 11.1. The van der Waals surface area contributed by atoms with Crippen LogP contribution in [-0.2, 0) is 6.42 Å². The number of fused-ring (bicyclic) bond motifs is 1. The Morgan fingerprint density at radius 1 is 1.10 bits per heavy atom. The van der Waals surface area contributed by atoms with Gasteiger partial charge in [-0.1, -0.05) is 34.1 Å². The van der Waals surface area contributed by atoms with E-state index in [1.807, 2.05) is 6.07 Å². The first-order valence-electron chi connectivity index (χ1n) is 6.61. The highest BCUT2D eigenvalue weighted by Crippen LogP contribution is 2.27. The Kier molecular flexibility index (Phi) is 3.85. The van der Waals surface area contributed by atoms with Crippen LogP contribution in [0.25, 0.3) is 22.1 Å². The predicted octanol–water partition coefficient (Wildman–Crippen LogP) is 4.15. The van der Waals surface area contributed by atoms with Crippen LogP contribution in [0.4, 0.5) is 0 Å². The van der Waals surface area contributed by atoms with Crippen LogP contribution in [0.2, 0.25) is 0 Å². The topological polar surface area (TPSA) is 52.0 Å². The first kappa shape index (κ1) is 13.3. The van der Waals surface area contributed by atoms with Crippen LogP contribution in [0.1, 0.15) is 12.3 Å². The first-order chi connectivity index (χ1) is 9.76. The van der Waals surface area contributed by atoms with Crippen molar-refractivity contribution in [1.29, 1.82) is 0 Å². The average molecular weight is 331 g/mol. The minimum absolute atomic E-state index is 0.655. The van der Waals surface area contributed by atoms with E-state index in [1.165, 1.54) is 10.8 Å². The van der Waals surface area contributed by atoms with E-state index in [-0.39, 0.29) is 0 Å². The van der Waals surface area contributed by atoms with Crippen molar-refractivity contribution in [1.82, 2.24) is 4.98 Å². The number of nitrogens with zero attached hydrogens (tertiary/aromatic N) is 1. The summed E-state index contributed by atoms with van der Waals surface area (Å²) in [6.07, 6.45) is 3.47. The minimum atomic E-state index is 0.655. The van der Waals surface area contributed by atoms with Crippen molar-refractivity contribution >= 4 is 26.7 Å². The van der Waals surface area contributed by atoms with Crippen LogP contribution >= 0.6 is 15.9 Å². The molecule has 3 aromatic rings. The van der Waals surface area contributed by atoms with Crippen LogP contribution in [0, 0.1) is 0 Å². The largest absolute Gasteiger partial charge is 0.441 e. The van der Waals surface area contributed by atoms with Crippen LogP contribution in [0.15, 0.2) is 51.5 Å². The molecule has 0 bridgehead atoms. The molecule has 0 fully saturated rings. The van der Waals surface area contributed by atoms with Gasteiger partial charge in [-0.25, -0.2) is 4.98 Å². The SMILES string of the molecule is NCCCc1ncc(-c2ccc3cc(Br)ccc3c2)o1. The van der Waals surface area contributed by atoms with Gasteiger partial charge in [-0.2, -0.15) is 0 Å². The maximum Gasteiger partial charge on any atom is 0.194 e. The van der Waals surface area contributed by atoms with Crippen molar-refractivity contribution in [2.45, 2.75) is 12.8 Å². The van der Waals surface area contributed by atoms with Gasteiger partial charge in [0.05, 0.1) is 6.20 Å². The lowest BCUT2D eigenvalue weighted by Crippen LogP contribution is -2.00. The highest BCUT2D eigenvalue weighted by molar-refractivity contribution is 9.10. The number of hydrogen-bond acceptors (Lipinski definition) is 3. The van der Waals surface area contributed by atoms with Crippen molar-refractivity contribution in [3.63, 3.8) is 0 Å². The molecule has 0 amide bonds. The summed E-state index contributed by atoms with van der Waals surface area (Å²) in [6.45, 7) is 0.655. The quantitative estimate of drug-likeness (QED) is 0.781. The molecular formula is C16H15BrN2O. The molecular weight excluding hydrogens is 316 g/mol. The van der Waals surface area contributed by atoms with Crippen LogP contribution in [0.5, 0.6) is 0 Å². The zero-order valence-electron chi connectivity index (χ0n) is 11.0. The fraction of sp³-hybridized carbons (Fsp3) is 0.188. The molecule has 0 saturated heterocycles. The highest BCUT2D eigenvalue weighted by Gasteiger charge is 2.07. The number of rotatable bonds is 4. The van der Waals surface area contributed by atoms with Crippen molar-refractivity contribution in [3.8, 4) is 11.3 Å². The second-order valence-electron chi connectivity index (χ2n) is 4.72. The molecule has 20 heavy (non-hydrogen) atoms. The van der Waals surface area contributed by atoms with E-state index in [1.54, 1.807) is 6.20 Å². The van der Waals surface area contributed by atoms with E-state index >= 15 is 0 Å². The molecule has 102 valence electrons. The Morgan fingerprint density at radius 3 is 2.75 bits per heavy atom. The molecule has 0 unspecified atom stereocenters. The molecule has 0 aliphatic rings. The van der Waals surface area contributed by atoms with Gasteiger partial charge in [0.2, 0.25) is 0 Å². The number of benzene rings is 2. The van der Waals surface area contributed by atoms with Gasteiger partial charge in [-0.05, 0) is 41.9 Å². The summed E-state index contributed by atoms with van der Waals surface area (Å²) in [5.41, 5.74) is 6.54. The summed E-state index contributed by atoms with van der Waals surface area (Å²) in [5, 5.41) is 2.39. The number of aryl methyl sites for hydroxylation is 1. The van der Waals surface area contributed by atoms with Gasteiger partial charge in [0.25, 0.3) is 0 Å². The second-order valence-corrected chi connectivity index (χ2v) is 5.63. The Balaban J connectivity index is 1.93. The van der Waals surface area contributed by atoms with Gasteiger partial charge in [0.15, 0.2) is 11.7 Å². The molecule has 2 aromatic carbocycles. The van der Waals surface area contributed by atoms with Gasteiger partial charge >= 0.3 is 0 Å². The van der Waals surface area contributed by atoms with Gasteiger partial charge < -0.3 is 10.2 Å². The Morgan fingerprint density at radius 2 is 1.90 bits per heavy atom. The zero-order chi connectivity index (χ0) is 13.9. The van der Waals surface area contributed by atoms with Gasteiger partial charge in [0, 0.05) is 16.5 Å². The van der Waals surface area contributed by atoms with E-state index < -0.39 is 0 Å². The molecule has 3 nitrogen and oxygen atoms in total. The molecule has 1 heterocycles. The third-order valence-corrected chi connectivity index (χ3v) is 3.73. The molecule has 1 aromatic heterocycles. The van der Waals surface area contributed by atoms with E-state index in [4.69, 9.17) is 10.2 Å². The molecule has 3 rings (SSSR count). The average Bonchev–Trinajstić information content (AvgIpc) is 2.93. The van der Waals surface area contributed by atoms with Crippen molar-refractivity contribution in [2.75, 3.05) is 6.54 Å². The first-order valence-corrected chi connectivity index (χ1v) is 7.40. The summed E-state index contributed by atoms with van der Waals surface area (Å²) in [6, 6.07) is 12.5. The standard InChI is InChI=1S/C16H15BrN2O/c17-14-6-5-11-8-13(4-3-12(11)9-14)15-10-19-16(20-15)2-1-7-18/h3-6,8-10H,1-2,7,18H2. The lowest BCUT2D eigenvalue weighted by Gasteiger charge is -2.01. The van der Waals surface area contributed by atoms with Crippen LogP contribution in [-0.4, -0.2) is 11.5 Å². The van der Waals surface area contributed by atoms with Crippen molar-refractivity contribution < 1.29 is 4.42 Å². The smallest absolute Gasteiger partial charge is 0.194 e.